The van der Waals surface area contributed by atoms with Gasteiger partial charge in [-0.3, -0.25) is 9.73 Å². The Labute approximate surface area is 190 Å². The third kappa shape index (κ3) is 4.79. The number of aliphatic hydroxyl groups is 1. The number of aliphatic hydroxyl groups excluding tert-OH is 1. The summed E-state index contributed by atoms with van der Waals surface area (Å²) in [4.78, 5) is 6.87. The van der Waals surface area contributed by atoms with Gasteiger partial charge in [-0.15, -0.1) is 0 Å². The number of halogens is 2. The first-order valence-electron chi connectivity index (χ1n) is 10.1. The average Bonchev–Trinajstić information content (AvgIpc) is 3.17. The molecule has 2 aromatic rings. The fourth-order valence-corrected chi connectivity index (χ4v) is 5.56. The smallest absolute Gasteiger partial charge is 0.266 e. The number of aromatic nitrogens is 2. The van der Waals surface area contributed by atoms with Gasteiger partial charge >= 0.3 is 0 Å². The van der Waals surface area contributed by atoms with Crippen LogP contribution in [0.2, 0.25) is 5.02 Å². The number of hydrogen-bond donors (Lipinski definition) is 2. The van der Waals surface area contributed by atoms with Gasteiger partial charge in [0.2, 0.25) is 0 Å². The molecule has 172 valence electrons. The third-order valence-corrected chi connectivity index (χ3v) is 7.43. The molecule has 1 saturated carbocycles. The molecule has 2 aliphatic rings. The minimum absolute atomic E-state index is 0.00218. The van der Waals surface area contributed by atoms with Gasteiger partial charge in [0.05, 0.1) is 17.2 Å². The normalized spacial score (nSPS) is 25.7. The predicted molar refractivity (Wildman–Crippen MR) is 117 cm³/mol. The first kappa shape index (κ1) is 22.7. The van der Waals surface area contributed by atoms with Crippen molar-refractivity contribution in [1.29, 1.82) is 0 Å². The van der Waals surface area contributed by atoms with Crippen LogP contribution < -0.4 is 9.46 Å². The highest BCUT2D eigenvalue weighted by Crippen LogP contribution is 2.38. The first-order valence-corrected chi connectivity index (χ1v) is 12.0. The molecule has 2 heterocycles. The third-order valence-electron chi connectivity index (χ3n) is 5.77. The molecule has 2 N–H and O–H groups in total. The molecule has 9 nitrogen and oxygen atoms in total. The van der Waals surface area contributed by atoms with Crippen molar-refractivity contribution in [2.45, 2.75) is 48.8 Å². The molecule has 12 heteroatoms. The molecule has 0 amide bonds. The Morgan fingerprint density at radius 2 is 2.16 bits per heavy atom. The first-order chi connectivity index (χ1) is 15.2. The number of hydrogen-bond acceptors (Lipinski definition) is 8. The minimum atomic E-state index is -4.27. The molecular weight excluding hydrogens is 461 g/mol. The van der Waals surface area contributed by atoms with Gasteiger partial charge in [-0.1, -0.05) is 11.6 Å². The predicted octanol–water partition coefficient (Wildman–Crippen LogP) is 2.67. The molecule has 32 heavy (non-hydrogen) atoms. The van der Waals surface area contributed by atoms with Crippen molar-refractivity contribution in [2.75, 3.05) is 11.8 Å². The molecule has 0 saturated heterocycles. The van der Waals surface area contributed by atoms with E-state index >= 15 is 0 Å². The van der Waals surface area contributed by atoms with Crippen molar-refractivity contribution in [3.8, 4) is 5.75 Å². The van der Waals surface area contributed by atoms with Crippen molar-refractivity contribution in [3.63, 3.8) is 0 Å². The van der Waals surface area contributed by atoms with E-state index in [1.807, 2.05) is 18.3 Å². The molecule has 1 aromatic carbocycles. The molecule has 1 aliphatic heterocycles. The van der Waals surface area contributed by atoms with Crippen molar-refractivity contribution in [3.05, 3.63) is 41.6 Å². The highest BCUT2D eigenvalue weighted by atomic mass is 35.5. The number of ether oxygens (including phenoxy) is 1. The van der Waals surface area contributed by atoms with Crippen LogP contribution in [0, 0.1) is 11.7 Å². The summed E-state index contributed by atoms with van der Waals surface area (Å²) in [5, 5.41) is 16.2. The quantitative estimate of drug-likeness (QED) is 0.648. The van der Waals surface area contributed by atoms with Crippen LogP contribution in [0.4, 0.5) is 10.2 Å². The molecular formula is C20H23ClFN5O4S. The number of anilines is 1. The van der Waals surface area contributed by atoms with E-state index in [2.05, 4.69) is 19.8 Å². The fourth-order valence-electron chi connectivity index (χ4n) is 4.19. The summed E-state index contributed by atoms with van der Waals surface area (Å²) < 4.78 is 48.3. The molecule has 0 radical (unpaired) electrons. The summed E-state index contributed by atoms with van der Waals surface area (Å²) in [5.74, 6) is -0.992. The van der Waals surface area contributed by atoms with Gasteiger partial charge in [-0.2, -0.15) is 5.10 Å². The Hall–Kier alpha value is -2.50. The second-order valence-corrected chi connectivity index (χ2v) is 9.93. The summed E-state index contributed by atoms with van der Waals surface area (Å²) >= 11 is 6.30. The highest BCUT2D eigenvalue weighted by molar-refractivity contribution is 7.92. The zero-order valence-corrected chi connectivity index (χ0v) is 18.8. The molecule has 4 atom stereocenters. The van der Waals surface area contributed by atoms with E-state index in [4.69, 9.17) is 16.3 Å². The number of benzene rings is 1. The summed E-state index contributed by atoms with van der Waals surface area (Å²) in [6.45, 7) is 0. The van der Waals surface area contributed by atoms with Crippen molar-refractivity contribution >= 4 is 33.7 Å². The topological polar surface area (TPSA) is 117 Å². The maximum Gasteiger partial charge on any atom is 0.266 e. The number of nitrogens with one attached hydrogen (secondary N) is 1. The highest BCUT2D eigenvalue weighted by Gasteiger charge is 2.39. The zero-order valence-electron chi connectivity index (χ0n) is 17.2. The van der Waals surface area contributed by atoms with E-state index in [9.17, 15) is 17.9 Å². The second kappa shape index (κ2) is 9.16. The summed E-state index contributed by atoms with van der Waals surface area (Å²) in [6.07, 6.45) is 5.93. The lowest BCUT2D eigenvalue weighted by atomic mass is 9.79. The number of hydrazone groups is 1. The van der Waals surface area contributed by atoms with E-state index in [1.54, 1.807) is 0 Å². The molecule has 0 bridgehead atoms. The lowest BCUT2D eigenvalue weighted by Gasteiger charge is -2.39. The van der Waals surface area contributed by atoms with Gasteiger partial charge in [0.15, 0.2) is 0 Å². The molecule has 1 unspecified atom stereocenters. The summed E-state index contributed by atoms with van der Waals surface area (Å²) in [7, 11) is -2.40. The van der Waals surface area contributed by atoms with Crippen LogP contribution in [-0.2, 0) is 10.0 Å². The minimum Gasteiger partial charge on any atom is -0.488 e. The molecule has 1 aromatic heterocycles. The fraction of sp³-hybridized carbons (Fsp3) is 0.450. The van der Waals surface area contributed by atoms with E-state index in [0.29, 0.717) is 19.3 Å². The Balaban J connectivity index is 1.56. The second-order valence-electron chi connectivity index (χ2n) is 7.87. The average molecular weight is 484 g/mol. The van der Waals surface area contributed by atoms with Crippen molar-refractivity contribution in [1.82, 2.24) is 15.0 Å². The maximum absolute atomic E-state index is 14.8. The van der Waals surface area contributed by atoms with Gasteiger partial charge < -0.3 is 9.84 Å². The number of nitrogens with zero attached hydrogens (tertiary/aromatic N) is 4. The van der Waals surface area contributed by atoms with Crippen LogP contribution in [0.3, 0.4) is 0 Å². The Bertz CT molecular complexity index is 1100. The van der Waals surface area contributed by atoms with Crippen LogP contribution in [-0.4, -0.2) is 60.0 Å². The summed E-state index contributed by atoms with van der Waals surface area (Å²) in [5.41, 5.74) is 0. The van der Waals surface area contributed by atoms with Gasteiger partial charge in [0, 0.05) is 37.9 Å². The van der Waals surface area contributed by atoms with E-state index in [-0.39, 0.29) is 34.7 Å². The van der Waals surface area contributed by atoms with Crippen LogP contribution in [0.25, 0.3) is 0 Å². The van der Waals surface area contributed by atoms with E-state index in [1.165, 1.54) is 18.6 Å². The van der Waals surface area contributed by atoms with Crippen molar-refractivity contribution < 1.29 is 22.7 Å². The number of sulfonamides is 1. The molecule has 4 rings (SSSR count). The van der Waals surface area contributed by atoms with Gasteiger partial charge in [-0.05, 0) is 31.4 Å². The SMILES string of the molecule is CN1N=CCC1[C@H]1C[C@H](O)CC[C@@H]1Oc1cc(F)c(S(=O)(=O)Nc2ccncn2)cc1Cl. The van der Waals surface area contributed by atoms with Crippen molar-refractivity contribution in [2.24, 2.45) is 11.0 Å². The van der Waals surface area contributed by atoms with E-state index < -0.39 is 26.8 Å². The van der Waals surface area contributed by atoms with Gasteiger partial charge in [-0.25, -0.2) is 22.8 Å². The largest absolute Gasteiger partial charge is 0.488 e. The number of rotatable bonds is 6. The summed E-state index contributed by atoms with van der Waals surface area (Å²) in [6, 6.07) is 3.40. The van der Waals surface area contributed by atoms with Crippen LogP contribution in [0.1, 0.15) is 25.7 Å². The lowest BCUT2D eigenvalue weighted by molar-refractivity contribution is -0.0112. The maximum atomic E-state index is 14.8. The Kier molecular flexibility index (Phi) is 6.50. The Morgan fingerprint density at radius 1 is 1.34 bits per heavy atom. The monoisotopic (exact) mass is 483 g/mol. The zero-order chi connectivity index (χ0) is 22.9. The van der Waals surface area contributed by atoms with E-state index in [0.717, 1.165) is 18.6 Å². The lowest BCUT2D eigenvalue weighted by Crippen LogP contribution is -2.46. The Morgan fingerprint density at radius 3 is 2.84 bits per heavy atom. The van der Waals surface area contributed by atoms with Crippen LogP contribution in [0.5, 0.6) is 5.75 Å². The molecule has 0 spiro atoms. The van der Waals surface area contributed by atoms with Crippen LogP contribution >= 0.6 is 11.6 Å². The van der Waals surface area contributed by atoms with Gasteiger partial charge in [0.1, 0.15) is 34.7 Å². The standard InChI is InChI=1S/C20H23ClFN5O4S/c1-27-16(4-7-25-27)13-8-12(28)2-3-17(13)31-18-10-15(22)19(9-14(18)21)32(29,30)26-20-5-6-23-11-24-20/h5-7,9-13,16-17,28H,2-4,8H2,1H3,(H,23,24,26)/t12-,13-,16?,17+/m1/s1. The van der Waals surface area contributed by atoms with Gasteiger partial charge in [0.25, 0.3) is 10.0 Å². The molecule has 1 aliphatic carbocycles. The molecule has 1 fully saturated rings. The van der Waals surface area contributed by atoms with Crippen LogP contribution in [0.15, 0.2) is 40.7 Å².